The van der Waals surface area contributed by atoms with Crippen LogP contribution >= 0.6 is 0 Å². The summed E-state index contributed by atoms with van der Waals surface area (Å²) in [5, 5.41) is 0. The molecule has 1 aliphatic rings. The molecule has 0 bridgehead atoms. The van der Waals surface area contributed by atoms with Crippen molar-refractivity contribution < 1.29 is 4.79 Å². The highest BCUT2D eigenvalue weighted by atomic mass is 16.2. The highest BCUT2D eigenvalue weighted by Crippen LogP contribution is 2.17. The van der Waals surface area contributed by atoms with Crippen molar-refractivity contribution in [2.75, 3.05) is 6.54 Å². The Morgan fingerprint density at radius 3 is 2.62 bits per heavy atom. The second kappa shape index (κ2) is 4.66. The maximum atomic E-state index is 11.7. The number of nitrogens with zero attached hydrogens (tertiary/aromatic N) is 1. The van der Waals surface area contributed by atoms with E-state index in [1.807, 2.05) is 17.0 Å². The summed E-state index contributed by atoms with van der Waals surface area (Å²) >= 11 is 0. The summed E-state index contributed by atoms with van der Waals surface area (Å²) in [4.78, 5) is 13.6. The highest BCUT2D eigenvalue weighted by Gasteiger charge is 2.28. The molecule has 1 amide bonds. The first-order valence-corrected chi connectivity index (χ1v) is 5.83. The van der Waals surface area contributed by atoms with Crippen molar-refractivity contribution in [3.05, 3.63) is 35.4 Å². The van der Waals surface area contributed by atoms with Crippen LogP contribution in [0.4, 0.5) is 0 Å². The standard InChI is InChI=1S/C13H18N2O/c1-2-10-5-3-4-6-11(10)9-15-8-7-12(14)13(15)16/h3-6,12H,2,7-9,14H2,1H3. The first-order valence-electron chi connectivity index (χ1n) is 5.83. The van der Waals surface area contributed by atoms with Gasteiger partial charge in [-0.25, -0.2) is 0 Å². The summed E-state index contributed by atoms with van der Waals surface area (Å²) in [6.07, 6.45) is 1.79. The van der Waals surface area contributed by atoms with Gasteiger partial charge < -0.3 is 10.6 Å². The van der Waals surface area contributed by atoms with E-state index in [1.54, 1.807) is 0 Å². The number of carbonyl (C=O) groups excluding carboxylic acids is 1. The lowest BCUT2D eigenvalue weighted by molar-refractivity contribution is -0.129. The normalized spacial score (nSPS) is 20.5. The lowest BCUT2D eigenvalue weighted by Gasteiger charge is -2.18. The second-order valence-electron chi connectivity index (χ2n) is 4.28. The van der Waals surface area contributed by atoms with Crippen LogP contribution < -0.4 is 5.73 Å². The van der Waals surface area contributed by atoms with Crippen molar-refractivity contribution in [2.24, 2.45) is 5.73 Å². The molecule has 86 valence electrons. The van der Waals surface area contributed by atoms with Crippen molar-refractivity contribution in [3.8, 4) is 0 Å². The topological polar surface area (TPSA) is 46.3 Å². The zero-order valence-corrected chi connectivity index (χ0v) is 9.65. The van der Waals surface area contributed by atoms with Gasteiger partial charge in [-0.3, -0.25) is 4.79 Å². The molecule has 1 aliphatic heterocycles. The Kier molecular flexibility index (Phi) is 3.25. The van der Waals surface area contributed by atoms with Gasteiger partial charge in [0.1, 0.15) is 0 Å². The van der Waals surface area contributed by atoms with E-state index in [0.29, 0.717) is 6.54 Å². The molecule has 0 radical (unpaired) electrons. The quantitative estimate of drug-likeness (QED) is 0.831. The number of rotatable bonds is 3. The van der Waals surface area contributed by atoms with Crippen molar-refractivity contribution in [1.82, 2.24) is 4.90 Å². The van der Waals surface area contributed by atoms with E-state index in [4.69, 9.17) is 5.73 Å². The minimum absolute atomic E-state index is 0.0888. The minimum atomic E-state index is -0.284. The van der Waals surface area contributed by atoms with E-state index in [9.17, 15) is 4.79 Å². The fourth-order valence-corrected chi connectivity index (χ4v) is 2.18. The van der Waals surface area contributed by atoms with Gasteiger partial charge >= 0.3 is 0 Å². The number of amides is 1. The van der Waals surface area contributed by atoms with Gasteiger partial charge in [-0.05, 0) is 24.0 Å². The van der Waals surface area contributed by atoms with Crippen LogP contribution in [0.15, 0.2) is 24.3 Å². The fourth-order valence-electron chi connectivity index (χ4n) is 2.18. The van der Waals surface area contributed by atoms with Gasteiger partial charge in [-0.15, -0.1) is 0 Å². The molecule has 0 aromatic heterocycles. The summed E-state index contributed by atoms with van der Waals surface area (Å²) in [6, 6.07) is 7.99. The fraction of sp³-hybridized carbons (Fsp3) is 0.462. The Labute approximate surface area is 96.2 Å². The molecule has 3 heteroatoms. The molecule has 2 N–H and O–H groups in total. The van der Waals surface area contributed by atoms with Gasteiger partial charge in [-0.1, -0.05) is 31.2 Å². The molecular weight excluding hydrogens is 200 g/mol. The predicted octanol–water partition coefficient (Wildman–Crippen LogP) is 1.31. The molecule has 1 aromatic carbocycles. The predicted molar refractivity (Wildman–Crippen MR) is 63.8 cm³/mol. The molecule has 3 nitrogen and oxygen atoms in total. The lowest BCUT2D eigenvalue weighted by atomic mass is 10.1. The molecular formula is C13H18N2O. The van der Waals surface area contributed by atoms with E-state index in [-0.39, 0.29) is 11.9 Å². The van der Waals surface area contributed by atoms with Crippen molar-refractivity contribution in [1.29, 1.82) is 0 Å². The Bertz CT molecular complexity index is 389. The SMILES string of the molecule is CCc1ccccc1CN1CCC(N)C1=O. The van der Waals surface area contributed by atoms with Crippen LogP contribution in [0.5, 0.6) is 0 Å². The molecule has 1 unspecified atom stereocenters. The number of hydrogen-bond donors (Lipinski definition) is 1. The molecule has 2 rings (SSSR count). The van der Waals surface area contributed by atoms with Crippen LogP contribution in [-0.2, 0) is 17.8 Å². The van der Waals surface area contributed by atoms with E-state index >= 15 is 0 Å². The van der Waals surface area contributed by atoms with Crippen molar-refractivity contribution in [2.45, 2.75) is 32.4 Å². The number of carbonyl (C=O) groups is 1. The largest absolute Gasteiger partial charge is 0.337 e. The average Bonchev–Trinajstić information content (AvgIpc) is 2.62. The number of nitrogens with two attached hydrogens (primary N) is 1. The van der Waals surface area contributed by atoms with E-state index < -0.39 is 0 Å². The summed E-state index contributed by atoms with van der Waals surface area (Å²) < 4.78 is 0. The maximum Gasteiger partial charge on any atom is 0.239 e. The molecule has 1 atom stereocenters. The first kappa shape index (κ1) is 11.1. The number of hydrogen-bond acceptors (Lipinski definition) is 2. The molecule has 0 saturated carbocycles. The van der Waals surface area contributed by atoms with E-state index in [1.165, 1.54) is 11.1 Å². The van der Waals surface area contributed by atoms with Gasteiger partial charge in [-0.2, -0.15) is 0 Å². The number of likely N-dealkylation sites (tertiary alicyclic amines) is 1. The van der Waals surface area contributed by atoms with Gasteiger partial charge in [0.2, 0.25) is 5.91 Å². The third-order valence-electron chi connectivity index (χ3n) is 3.20. The van der Waals surface area contributed by atoms with Crippen LogP contribution in [0.25, 0.3) is 0 Å². The van der Waals surface area contributed by atoms with Crippen LogP contribution in [0.3, 0.4) is 0 Å². The van der Waals surface area contributed by atoms with Gasteiger partial charge in [0, 0.05) is 13.1 Å². The maximum absolute atomic E-state index is 11.7. The summed E-state index contributed by atoms with van der Waals surface area (Å²) in [5.74, 6) is 0.0888. The number of benzene rings is 1. The monoisotopic (exact) mass is 218 g/mol. The van der Waals surface area contributed by atoms with Gasteiger partial charge in [0.05, 0.1) is 6.04 Å². The summed E-state index contributed by atoms with van der Waals surface area (Å²) in [5.41, 5.74) is 8.26. The molecule has 0 aliphatic carbocycles. The zero-order chi connectivity index (χ0) is 11.5. The van der Waals surface area contributed by atoms with Gasteiger partial charge in [0.25, 0.3) is 0 Å². The Morgan fingerprint density at radius 1 is 1.38 bits per heavy atom. The Morgan fingerprint density at radius 2 is 2.06 bits per heavy atom. The van der Waals surface area contributed by atoms with Crippen LogP contribution in [0, 0.1) is 0 Å². The lowest BCUT2D eigenvalue weighted by Crippen LogP contribution is -2.33. The number of aryl methyl sites for hydroxylation is 1. The Hall–Kier alpha value is -1.35. The second-order valence-corrected chi connectivity index (χ2v) is 4.28. The minimum Gasteiger partial charge on any atom is -0.337 e. The Balaban J connectivity index is 2.12. The van der Waals surface area contributed by atoms with Crippen LogP contribution in [0.1, 0.15) is 24.5 Å². The molecule has 1 fully saturated rings. The van der Waals surface area contributed by atoms with Crippen LogP contribution in [-0.4, -0.2) is 23.4 Å². The van der Waals surface area contributed by atoms with E-state index in [0.717, 1.165) is 19.4 Å². The highest BCUT2D eigenvalue weighted by molar-refractivity contribution is 5.83. The molecule has 1 aromatic rings. The molecule has 1 saturated heterocycles. The first-order chi connectivity index (χ1) is 7.72. The zero-order valence-electron chi connectivity index (χ0n) is 9.65. The van der Waals surface area contributed by atoms with Crippen LogP contribution in [0.2, 0.25) is 0 Å². The molecule has 0 spiro atoms. The van der Waals surface area contributed by atoms with Crippen molar-refractivity contribution >= 4 is 5.91 Å². The smallest absolute Gasteiger partial charge is 0.239 e. The summed E-state index contributed by atoms with van der Waals surface area (Å²) in [6.45, 7) is 3.63. The molecule has 1 heterocycles. The molecule has 16 heavy (non-hydrogen) atoms. The summed E-state index contributed by atoms with van der Waals surface area (Å²) in [7, 11) is 0. The van der Waals surface area contributed by atoms with Crippen molar-refractivity contribution in [3.63, 3.8) is 0 Å². The van der Waals surface area contributed by atoms with E-state index in [2.05, 4.69) is 19.1 Å². The van der Waals surface area contributed by atoms with Gasteiger partial charge in [0.15, 0.2) is 0 Å². The average molecular weight is 218 g/mol. The third kappa shape index (κ3) is 2.09. The third-order valence-corrected chi connectivity index (χ3v) is 3.20.